The maximum Gasteiger partial charge on any atom is 0.242 e. The third kappa shape index (κ3) is 2.47. The van der Waals surface area contributed by atoms with E-state index >= 15 is 0 Å². The Kier molecular flexibility index (Phi) is 3.92. The van der Waals surface area contributed by atoms with Crippen LogP contribution in [0.2, 0.25) is 0 Å². The zero-order valence-electron chi connectivity index (χ0n) is 8.88. The van der Waals surface area contributed by atoms with Crippen molar-refractivity contribution in [3.63, 3.8) is 0 Å². The molecule has 1 rings (SSSR count). The molecule has 0 saturated carbocycles. The molecular weight excluding hydrogens is 180 g/mol. The molecule has 0 aromatic carbocycles. The second-order valence-corrected chi connectivity index (χ2v) is 3.65. The summed E-state index contributed by atoms with van der Waals surface area (Å²) < 4.78 is 0. The monoisotopic (exact) mass is 198 g/mol. The minimum absolute atomic E-state index is 0.0425. The van der Waals surface area contributed by atoms with E-state index < -0.39 is 0 Å². The molecule has 1 unspecified atom stereocenters. The van der Waals surface area contributed by atoms with Crippen LogP contribution in [0.15, 0.2) is 0 Å². The molecule has 0 aromatic heterocycles. The predicted molar refractivity (Wildman–Crippen MR) is 53.7 cm³/mol. The van der Waals surface area contributed by atoms with Crippen molar-refractivity contribution < 1.29 is 9.59 Å². The summed E-state index contributed by atoms with van der Waals surface area (Å²) >= 11 is 0. The number of hydrogen-bond donors (Lipinski definition) is 1. The summed E-state index contributed by atoms with van der Waals surface area (Å²) in [5.74, 6) is 0.00375. The van der Waals surface area contributed by atoms with Gasteiger partial charge in [0.1, 0.15) is 0 Å². The number of carbonyl (C=O) groups excluding carboxylic acids is 2. The fourth-order valence-electron chi connectivity index (χ4n) is 1.82. The van der Waals surface area contributed by atoms with Crippen molar-refractivity contribution in [2.45, 2.75) is 39.2 Å². The van der Waals surface area contributed by atoms with Crippen molar-refractivity contribution >= 4 is 11.8 Å². The maximum absolute atomic E-state index is 11.5. The van der Waals surface area contributed by atoms with Crippen LogP contribution in [-0.4, -0.2) is 35.8 Å². The highest BCUT2D eigenvalue weighted by atomic mass is 16.2. The number of amides is 2. The average Bonchev–Trinajstić information content (AvgIpc) is 2.18. The first-order chi connectivity index (χ1) is 6.69. The van der Waals surface area contributed by atoms with Crippen LogP contribution in [-0.2, 0) is 9.59 Å². The van der Waals surface area contributed by atoms with Crippen molar-refractivity contribution in [2.75, 3.05) is 13.1 Å². The Morgan fingerprint density at radius 3 is 2.71 bits per heavy atom. The number of piperazine rings is 1. The molecule has 2 amide bonds. The van der Waals surface area contributed by atoms with E-state index in [1.807, 2.05) is 0 Å². The second kappa shape index (κ2) is 4.98. The molecule has 0 aliphatic carbocycles. The molecule has 1 atom stereocenters. The van der Waals surface area contributed by atoms with Gasteiger partial charge >= 0.3 is 0 Å². The van der Waals surface area contributed by atoms with Gasteiger partial charge in [-0.15, -0.1) is 0 Å². The molecule has 0 bridgehead atoms. The van der Waals surface area contributed by atoms with E-state index in [-0.39, 0.29) is 30.9 Å². The van der Waals surface area contributed by atoms with Gasteiger partial charge in [0.15, 0.2) is 0 Å². The number of rotatable bonds is 4. The molecule has 1 N–H and O–H groups in total. The van der Waals surface area contributed by atoms with Crippen molar-refractivity contribution in [1.29, 1.82) is 0 Å². The quantitative estimate of drug-likeness (QED) is 0.716. The zero-order valence-corrected chi connectivity index (χ0v) is 8.88. The predicted octanol–water partition coefficient (Wildman–Crippen LogP) is 0.523. The fourth-order valence-corrected chi connectivity index (χ4v) is 1.82. The largest absolute Gasteiger partial charge is 0.345 e. The van der Waals surface area contributed by atoms with Gasteiger partial charge in [0.05, 0.1) is 13.1 Å². The molecule has 1 fully saturated rings. The third-order valence-electron chi connectivity index (χ3n) is 2.60. The lowest BCUT2D eigenvalue weighted by Gasteiger charge is -2.33. The number of nitrogens with zero attached hydrogens (tertiary/aromatic N) is 1. The average molecular weight is 198 g/mol. The minimum Gasteiger partial charge on any atom is -0.345 e. The molecule has 0 spiro atoms. The van der Waals surface area contributed by atoms with Crippen LogP contribution < -0.4 is 5.32 Å². The molecule has 1 heterocycles. The Hall–Kier alpha value is -1.06. The number of carbonyl (C=O) groups is 2. The van der Waals surface area contributed by atoms with Gasteiger partial charge in [-0.05, 0) is 12.8 Å². The Morgan fingerprint density at radius 2 is 2.14 bits per heavy atom. The SMILES string of the molecule is CCCC(CC)N1CC(=O)NCC1=O. The smallest absolute Gasteiger partial charge is 0.242 e. The van der Waals surface area contributed by atoms with Gasteiger partial charge in [0.2, 0.25) is 11.8 Å². The number of hydrogen-bond acceptors (Lipinski definition) is 2. The molecule has 4 nitrogen and oxygen atoms in total. The van der Waals surface area contributed by atoms with Crippen LogP contribution in [0.4, 0.5) is 0 Å². The molecular formula is C10H18N2O2. The summed E-state index contributed by atoms with van der Waals surface area (Å²) in [4.78, 5) is 24.4. The molecule has 0 radical (unpaired) electrons. The maximum atomic E-state index is 11.5. The van der Waals surface area contributed by atoms with Gasteiger partial charge in [-0.2, -0.15) is 0 Å². The lowest BCUT2D eigenvalue weighted by molar-refractivity contribution is -0.143. The molecule has 1 aliphatic rings. The molecule has 80 valence electrons. The Labute approximate surface area is 84.7 Å². The van der Waals surface area contributed by atoms with Crippen molar-refractivity contribution in [3.05, 3.63) is 0 Å². The second-order valence-electron chi connectivity index (χ2n) is 3.65. The van der Waals surface area contributed by atoms with Gasteiger partial charge in [0, 0.05) is 6.04 Å². The topological polar surface area (TPSA) is 49.4 Å². The summed E-state index contributed by atoms with van der Waals surface area (Å²) in [6, 6.07) is 0.235. The highest BCUT2D eigenvalue weighted by molar-refractivity contribution is 5.92. The lowest BCUT2D eigenvalue weighted by atomic mass is 10.1. The highest BCUT2D eigenvalue weighted by Gasteiger charge is 2.27. The molecule has 1 aliphatic heterocycles. The summed E-state index contributed by atoms with van der Waals surface area (Å²) in [6.45, 7) is 4.55. The van der Waals surface area contributed by atoms with E-state index in [4.69, 9.17) is 0 Å². The summed E-state index contributed by atoms with van der Waals surface area (Å²) in [6.07, 6.45) is 2.95. The first-order valence-corrected chi connectivity index (χ1v) is 5.25. The minimum atomic E-state index is -0.0425. The third-order valence-corrected chi connectivity index (χ3v) is 2.60. The fraction of sp³-hybridized carbons (Fsp3) is 0.800. The van der Waals surface area contributed by atoms with Crippen LogP contribution in [0.1, 0.15) is 33.1 Å². The van der Waals surface area contributed by atoms with Crippen molar-refractivity contribution in [3.8, 4) is 0 Å². The van der Waals surface area contributed by atoms with Gasteiger partial charge in [-0.25, -0.2) is 0 Å². The molecule has 0 aromatic rings. The van der Waals surface area contributed by atoms with E-state index in [1.165, 1.54) is 0 Å². The molecule has 1 saturated heterocycles. The van der Waals surface area contributed by atoms with E-state index in [2.05, 4.69) is 19.2 Å². The van der Waals surface area contributed by atoms with Crippen LogP contribution in [0, 0.1) is 0 Å². The van der Waals surface area contributed by atoms with E-state index in [0.717, 1.165) is 19.3 Å². The van der Waals surface area contributed by atoms with Crippen LogP contribution in [0.3, 0.4) is 0 Å². The summed E-state index contributed by atoms with van der Waals surface area (Å²) in [5.41, 5.74) is 0. The Bertz CT molecular complexity index is 228. The van der Waals surface area contributed by atoms with Crippen molar-refractivity contribution in [2.24, 2.45) is 0 Å². The highest BCUT2D eigenvalue weighted by Crippen LogP contribution is 2.12. The van der Waals surface area contributed by atoms with Gasteiger partial charge < -0.3 is 10.2 Å². The first kappa shape index (κ1) is 11.0. The van der Waals surface area contributed by atoms with Crippen LogP contribution in [0.25, 0.3) is 0 Å². The summed E-state index contributed by atoms with van der Waals surface area (Å²) in [5, 5.41) is 2.55. The molecule has 14 heavy (non-hydrogen) atoms. The number of nitrogens with one attached hydrogen (secondary N) is 1. The first-order valence-electron chi connectivity index (χ1n) is 5.25. The normalized spacial score (nSPS) is 19.4. The van der Waals surface area contributed by atoms with Gasteiger partial charge in [-0.1, -0.05) is 20.3 Å². The standard InChI is InChI=1S/C10H18N2O2/c1-3-5-8(4-2)12-7-9(13)11-6-10(12)14/h8H,3-7H2,1-2H3,(H,11,13). The zero-order chi connectivity index (χ0) is 10.6. The van der Waals surface area contributed by atoms with E-state index in [9.17, 15) is 9.59 Å². The Balaban J connectivity index is 2.61. The lowest BCUT2D eigenvalue weighted by Crippen LogP contribution is -2.55. The van der Waals surface area contributed by atoms with Crippen LogP contribution >= 0.6 is 0 Å². The Morgan fingerprint density at radius 1 is 1.43 bits per heavy atom. The van der Waals surface area contributed by atoms with Crippen LogP contribution in [0.5, 0.6) is 0 Å². The van der Waals surface area contributed by atoms with Gasteiger partial charge in [0.25, 0.3) is 0 Å². The summed E-state index contributed by atoms with van der Waals surface area (Å²) in [7, 11) is 0. The molecule has 4 heteroatoms. The van der Waals surface area contributed by atoms with Crippen molar-refractivity contribution in [1.82, 2.24) is 10.2 Å². The van der Waals surface area contributed by atoms with E-state index in [0.29, 0.717) is 0 Å². The van der Waals surface area contributed by atoms with Gasteiger partial charge in [-0.3, -0.25) is 9.59 Å². The van der Waals surface area contributed by atoms with E-state index in [1.54, 1.807) is 4.90 Å².